The Kier molecular flexibility index (Phi) is 4.97. The van der Waals surface area contributed by atoms with E-state index in [0.29, 0.717) is 24.5 Å². The number of benzene rings is 2. The van der Waals surface area contributed by atoms with Crippen molar-refractivity contribution in [2.75, 3.05) is 30.5 Å². The Balaban J connectivity index is 1.72. The van der Waals surface area contributed by atoms with E-state index < -0.39 is 11.7 Å². The summed E-state index contributed by atoms with van der Waals surface area (Å²) < 4.78 is 38.5. The molecule has 0 radical (unpaired) electrons. The van der Waals surface area contributed by atoms with Crippen LogP contribution in [0.15, 0.2) is 58.6 Å². The van der Waals surface area contributed by atoms with Gasteiger partial charge in [-0.3, -0.25) is 5.01 Å². The summed E-state index contributed by atoms with van der Waals surface area (Å²) in [6, 6.07) is 13.1. The highest BCUT2D eigenvalue weighted by molar-refractivity contribution is 5.96. The highest BCUT2D eigenvalue weighted by Gasteiger charge is 2.31. The van der Waals surface area contributed by atoms with Gasteiger partial charge in [0.25, 0.3) is 0 Å². The molecule has 1 aliphatic heterocycles. The van der Waals surface area contributed by atoms with Crippen LogP contribution in [0.5, 0.6) is 0 Å². The molecular weight excluding hydrogens is 341 g/mol. The largest absolute Gasteiger partial charge is 0.416 e. The van der Waals surface area contributed by atoms with E-state index in [9.17, 15) is 13.2 Å². The Morgan fingerprint density at radius 3 is 2.50 bits per heavy atom. The molecule has 136 valence electrons. The van der Waals surface area contributed by atoms with E-state index in [1.54, 1.807) is 17.3 Å². The topological polar surface area (TPSA) is 31.2 Å². The van der Waals surface area contributed by atoms with Crippen LogP contribution in [0.3, 0.4) is 0 Å². The normalized spacial score (nSPS) is 14.8. The third-order valence-corrected chi connectivity index (χ3v) is 4.03. The van der Waals surface area contributed by atoms with E-state index in [0.717, 1.165) is 23.4 Å². The molecule has 4 nitrogen and oxygen atoms in total. The fraction of sp³-hybridized carbons (Fsp3) is 0.263. The first-order valence-corrected chi connectivity index (χ1v) is 8.17. The SMILES string of the molecule is CN(C)c1ccc(C=NC2=NN(c3cccc(C(F)(F)F)c3)CC2)cc1. The lowest BCUT2D eigenvalue weighted by Crippen LogP contribution is -2.13. The zero-order chi connectivity index (χ0) is 18.7. The molecular formula is C19H19F3N4. The summed E-state index contributed by atoms with van der Waals surface area (Å²) in [6.45, 7) is 0.507. The van der Waals surface area contributed by atoms with Crippen molar-refractivity contribution in [3.8, 4) is 0 Å². The lowest BCUT2D eigenvalue weighted by atomic mass is 10.2. The molecule has 0 spiro atoms. The molecule has 0 unspecified atom stereocenters. The number of alkyl halides is 3. The molecule has 1 aliphatic rings. The number of amidine groups is 1. The number of halogens is 3. The standard InChI is InChI=1S/C19H19F3N4/c1-25(2)16-8-6-14(7-9-16)13-23-18-10-11-26(24-18)17-5-3-4-15(12-17)19(20,21)22/h3-9,12-13H,10-11H2,1-2H3. The summed E-state index contributed by atoms with van der Waals surface area (Å²) in [5, 5.41) is 5.87. The zero-order valence-electron chi connectivity index (χ0n) is 14.5. The van der Waals surface area contributed by atoms with E-state index >= 15 is 0 Å². The molecule has 0 saturated heterocycles. The molecule has 3 rings (SSSR count). The molecule has 0 atom stereocenters. The Labute approximate surface area is 150 Å². The van der Waals surface area contributed by atoms with Gasteiger partial charge >= 0.3 is 6.18 Å². The Morgan fingerprint density at radius 2 is 1.85 bits per heavy atom. The van der Waals surface area contributed by atoms with Gasteiger partial charge in [0.05, 0.1) is 11.3 Å². The predicted molar refractivity (Wildman–Crippen MR) is 99.2 cm³/mol. The number of anilines is 2. The van der Waals surface area contributed by atoms with Crippen LogP contribution in [0, 0.1) is 0 Å². The Bertz CT molecular complexity index is 823. The number of hydrazone groups is 1. The van der Waals surface area contributed by atoms with Crippen molar-refractivity contribution >= 4 is 23.4 Å². The number of rotatable bonds is 3. The molecule has 1 heterocycles. The average molecular weight is 360 g/mol. The van der Waals surface area contributed by atoms with Crippen molar-refractivity contribution < 1.29 is 13.2 Å². The quantitative estimate of drug-likeness (QED) is 0.759. The average Bonchev–Trinajstić information content (AvgIpc) is 3.09. The Morgan fingerprint density at radius 1 is 1.12 bits per heavy atom. The first kappa shape index (κ1) is 18.0. The van der Waals surface area contributed by atoms with Crippen LogP contribution >= 0.6 is 0 Å². The number of nitrogens with zero attached hydrogens (tertiary/aromatic N) is 4. The van der Waals surface area contributed by atoms with Crippen molar-refractivity contribution in [3.05, 3.63) is 59.7 Å². The zero-order valence-corrected chi connectivity index (χ0v) is 14.5. The molecule has 0 N–H and O–H groups in total. The highest BCUT2D eigenvalue weighted by Crippen LogP contribution is 2.32. The van der Waals surface area contributed by atoms with E-state index in [-0.39, 0.29) is 0 Å². The monoisotopic (exact) mass is 360 g/mol. The second-order valence-corrected chi connectivity index (χ2v) is 6.18. The lowest BCUT2D eigenvalue weighted by Gasteiger charge is -2.15. The summed E-state index contributed by atoms with van der Waals surface area (Å²) >= 11 is 0. The van der Waals surface area contributed by atoms with Crippen molar-refractivity contribution in [1.82, 2.24) is 0 Å². The van der Waals surface area contributed by atoms with Gasteiger partial charge in [-0.05, 0) is 35.9 Å². The third kappa shape index (κ3) is 4.22. The summed E-state index contributed by atoms with van der Waals surface area (Å²) in [5.41, 5.74) is 1.77. The van der Waals surface area contributed by atoms with Crippen LogP contribution < -0.4 is 9.91 Å². The lowest BCUT2D eigenvalue weighted by molar-refractivity contribution is -0.137. The molecule has 26 heavy (non-hydrogen) atoms. The van der Waals surface area contributed by atoms with Crippen LogP contribution in [0.1, 0.15) is 17.5 Å². The first-order chi connectivity index (χ1) is 12.3. The fourth-order valence-corrected chi connectivity index (χ4v) is 2.57. The van der Waals surface area contributed by atoms with Crippen molar-refractivity contribution in [2.24, 2.45) is 10.1 Å². The molecule has 0 saturated carbocycles. The van der Waals surface area contributed by atoms with Gasteiger partial charge in [0.15, 0.2) is 5.84 Å². The van der Waals surface area contributed by atoms with Crippen molar-refractivity contribution in [2.45, 2.75) is 12.6 Å². The minimum Gasteiger partial charge on any atom is -0.378 e. The first-order valence-electron chi connectivity index (χ1n) is 8.17. The summed E-state index contributed by atoms with van der Waals surface area (Å²) in [6.07, 6.45) is -2.06. The van der Waals surface area contributed by atoms with Crippen LogP contribution in [-0.4, -0.2) is 32.7 Å². The number of hydrogen-bond acceptors (Lipinski definition) is 4. The Hall–Kier alpha value is -2.83. The maximum Gasteiger partial charge on any atom is 0.416 e. The van der Waals surface area contributed by atoms with E-state index in [4.69, 9.17) is 0 Å². The second kappa shape index (κ2) is 7.19. The smallest absolute Gasteiger partial charge is 0.378 e. The van der Waals surface area contributed by atoms with Gasteiger partial charge in [0, 0.05) is 39.0 Å². The summed E-state index contributed by atoms with van der Waals surface area (Å²) in [7, 11) is 3.94. The van der Waals surface area contributed by atoms with Gasteiger partial charge in [0.1, 0.15) is 0 Å². The maximum absolute atomic E-state index is 12.8. The summed E-state index contributed by atoms with van der Waals surface area (Å²) in [4.78, 5) is 6.37. The van der Waals surface area contributed by atoms with E-state index in [1.807, 2.05) is 43.3 Å². The molecule has 2 aromatic rings. The fourth-order valence-electron chi connectivity index (χ4n) is 2.57. The van der Waals surface area contributed by atoms with E-state index in [2.05, 4.69) is 10.1 Å². The minimum atomic E-state index is -4.36. The second-order valence-electron chi connectivity index (χ2n) is 6.18. The molecule has 0 aromatic heterocycles. The van der Waals surface area contributed by atoms with Gasteiger partial charge in [-0.25, -0.2) is 4.99 Å². The summed E-state index contributed by atoms with van der Waals surface area (Å²) in [5.74, 6) is 0.596. The molecule has 0 amide bonds. The number of aliphatic imine (C=N–C) groups is 1. The van der Waals surface area contributed by atoms with Crippen LogP contribution in [-0.2, 0) is 6.18 Å². The van der Waals surface area contributed by atoms with Crippen molar-refractivity contribution in [1.29, 1.82) is 0 Å². The van der Waals surface area contributed by atoms with Crippen LogP contribution in [0.25, 0.3) is 0 Å². The molecule has 0 bridgehead atoms. The van der Waals surface area contributed by atoms with E-state index in [1.165, 1.54) is 6.07 Å². The molecule has 0 fully saturated rings. The maximum atomic E-state index is 12.8. The van der Waals surface area contributed by atoms with Crippen molar-refractivity contribution in [3.63, 3.8) is 0 Å². The molecule has 0 aliphatic carbocycles. The van der Waals surface area contributed by atoms with Crippen LogP contribution in [0.4, 0.5) is 24.5 Å². The van der Waals surface area contributed by atoms with Crippen LogP contribution in [0.2, 0.25) is 0 Å². The molecule has 2 aromatic carbocycles. The van der Waals surface area contributed by atoms with Gasteiger partial charge in [-0.2, -0.15) is 18.3 Å². The minimum absolute atomic E-state index is 0.417. The highest BCUT2D eigenvalue weighted by atomic mass is 19.4. The number of hydrogen-bond donors (Lipinski definition) is 0. The predicted octanol–water partition coefficient (Wildman–Crippen LogP) is 4.41. The van der Waals surface area contributed by atoms with Gasteiger partial charge < -0.3 is 4.90 Å². The van der Waals surface area contributed by atoms with Gasteiger partial charge in [-0.1, -0.05) is 18.2 Å². The van der Waals surface area contributed by atoms with Gasteiger partial charge in [-0.15, -0.1) is 0 Å². The third-order valence-electron chi connectivity index (χ3n) is 4.03. The van der Waals surface area contributed by atoms with Gasteiger partial charge in [0.2, 0.25) is 0 Å². The molecule has 7 heteroatoms.